The van der Waals surface area contributed by atoms with Crippen molar-refractivity contribution in [2.75, 3.05) is 6.61 Å². The molecule has 252 valence electrons. The molecule has 0 amide bonds. The Morgan fingerprint density at radius 3 is 1.79 bits per heavy atom. The minimum absolute atomic E-state index is 0.334. The molecule has 0 radical (unpaired) electrons. The van der Waals surface area contributed by atoms with Crippen LogP contribution in [0.1, 0.15) is 120 Å². The van der Waals surface area contributed by atoms with E-state index in [1.807, 2.05) is 6.08 Å². The van der Waals surface area contributed by atoms with Crippen molar-refractivity contribution in [3.63, 3.8) is 0 Å². The van der Waals surface area contributed by atoms with E-state index in [0.717, 1.165) is 25.0 Å². The zero-order valence-corrected chi connectivity index (χ0v) is 29.0. The first-order valence-corrected chi connectivity index (χ1v) is 18.1. The molecule has 0 aliphatic carbocycles. The van der Waals surface area contributed by atoms with Gasteiger partial charge >= 0.3 is 5.97 Å². The van der Waals surface area contributed by atoms with Crippen LogP contribution in [0.5, 0.6) is 0 Å². The summed E-state index contributed by atoms with van der Waals surface area (Å²) in [6.45, 7) is 11.0. The molecule has 0 aromatic heterocycles. The molecular weight excluding hydrogens is 576 g/mol. The van der Waals surface area contributed by atoms with E-state index in [9.17, 15) is 4.79 Å². The molecular formula is C44H58O3. The van der Waals surface area contributed by atoms with Crippen molar-refractivity contribution in [3.8, 4) is 0 Å². The molecule has 0 fully saturated rings. The molecule has 0 heterocycles. The second-order valence-electron chi connectivity index (χ2n) is 12.8. The van der Waals surface area contributed by atoms with Crippen LogP contribution >= 0.6 is 0 Å². The van der Waals surface area contributed by atoms with E-state index in [1.54, 1.807) is 5.56 Å². The molecule has 47 heavy (non-hydrogen) atoms. The van der Waals surface area contributed by atoms with Crippen molar-refractivity contribution in [3.05, 3.63) is 114 Å². The SMILES string of the molecule is C=C(CCCCCC)C(=O)O.C=Cc1ccc(COCCCCCCCCCCCCc2c3ccccc3cc3ccccc23)cc1. The first-order valence-electron chi connectivity index (χ1n) is 18.1. The molecule has 4 aromatic rings. The second kappa shape index (κ2) is 22.8. The molecule has 4 aromatic carbocycles. The Hall–Kier alpha value is -3.69. The zero-order chi connectivity index (χ0) is 33.5. The lowest BCUT2D eigenvalue weighted by atomic mass is 9.93. The molecule has 0 atom stereocenters. The normalized spacial score (nSPS) is 10.9. The van der Waals surface area contributed by atoms with Gasteiger partial charge in [-0.25, -0.2) is 4.79 Å². The van der Waals surface area contributed by atoms with Gasteiger partial charge in [0.15, 0.2) is 0 Å². The van der Waals surface area contributed by atoms with E-state index >= 15 is 0 Å². The van der Waals surface area contributed by atoms with Gasteiger partial charge in [0.05, 0.1) is 6.61 Å². The highest BCUT2D eigenvalue weighted by molar-refractivity contribution is 6.02. The van der Waals surface area contributed by atoms with Gasteiger partial charge in [0.1, 0.15) is 0 Å². The smallest absolute Gasteiger partial charge is 0.330 e. The van der Waals surface area contributed by atoms with Crippen molar-refractivity contribution in [2.45, 2.75) is 116 Å². The molecule has 3 nitrogen and oxygen atoms in total. The lowest BCUT2D eigenvalue weighted by Crippen LogP contribution is -1.98. The molecule has 0 bridgehead atoms. The predicted octanol–water partition coefficient (Wildman–Crippen LogP) is 12.9. The number of rotatable bonds is 22. The fraction of sp³-hybridized carbons (Fsp3) is 0.432. The molecule has 0 spiro atoms. The average molecular weight is 635 g/mol. The van der Waals surface area contributed by atoms with Gasteiger partial charge in [-0.1, -0.05) is 170 Å². The van der Waals surface area contributed by atoms with E-state index in [-0.39, 0.29) is 0 Å². The van der Waals surface area contributed by atoms with Crippen LogP contribution in [0.2, 0.25) is 0 Å². The largest absolute Gasteiger partial charge is 0.478 e. The lowest BCUT2D eigenvalue weighted by molar-refractivity contribution is -0.132. The molecule has 1 N–H and O–H groups in total. The van der Waals surface area contributed by atoms with Gasteiger partial charge in [-0.15, -0.1) is 0 Å². The Labute approximate surface area is 284 Å². The third-order valence-electron chi connectivity index (χ3n) is 8.97. The summed E-state index contributed by atoms with van der Waals surface area (Å²) in [5, 5.41) is 14.1. The van der Waals surface area contributed by atoms with Crippen molar-refractivity contribution < 1.29 is 14.6 Å². The predicted molar refractivity (Wildman–Crippen MR) is 203 cm³/mol. The molecule has 0 saturated heterocycles. The molecule has 0 unspecified atom stereocenters. The number of hydrogen-bond acceptors (Lipinski definition) is 2. The number of aryl methyl sites for hydroxylation is 1. The van der Waals surface area contributed by atoms with Crippen LogP contribution in [-0.4, -0.2) is 17.7 Å². The Balaban J connectivity index is 0.000000468. The van der Waals surface area contributed by atoms with E-state index in [2.05, 4.69) is 98.9 Å². The molecule has 0 aliphatic heterocycles. The van der Waals surface area contributed by atoms with E-state index in [0.29, 0.717) is 18.6 Å². The Morgan fingerprint density at radius 2 is 1.23 bits per heavy atom. The number of unbranched alkanes of at least 4 members (excludes halogenated alkanes) is 12. The quantitative estimate of drug-likeness (QED) is 0.0531. The summed E-state index contributed by atoms with van der Waals surface area (Å²) in [6.07, 6.45) is 21.4. The number of carboxylic acid groups (broad SMARTS) is 1. The van der Waals surface area contributed by atoms with Gasteiger partial charge in [0, 0.05) is 12.2 Å². The topological polar surface area (TPSA) is 46.5 Å². The summed E-state index contributed by atoms with van der Waals surface area (Å²) in [7, 11) is 0. The highest BCUT2D eigenvalue weighted by Crippen LogP contribution is 2.30. The van der Waals surface area contributed by atoms with Crippen LogP contribution in [0.15, 0.2) is 97.6 Å². The first kappa shape index (κ1) is 37.8. The van der Waals surface area contributed by atoms with Crippen LogP contribution in [-0.2, 0) is 22.6 Å². The van der Waals surface area contributed by atoms with E-state index < -0.39 is 5.97 Å². The van der Waals surface area contributed by atoms with Crippen molar-refractivity contribution in [2.24, 2.45) is 0 Å². The summed E-state index contributed by atoms with van der Waals surface area (Å²) in [5.74, 6) is -0.860. The van der Waals surface area contributed by atoms with E-state index in [4.69, 9.17) is 9.84 Å². The highest BCUT2D eigenvalue weighted by Gasteiger charge is 2.07. The monoisotopic (exact) mass is 634 g/mol. The van der Waals surface area contributed by atoms with Gasteiger partial charge in [0.2, 0.25) is 0 Å². The van der Waals surface area contributed by atoms with Gasteiger partial charge in [-0.05, 0) is 76.4 Å². The minimum atomic E-state index is -0.860. The fourth-order valence-corrected chi connectivity index (χ4v) is 6.11. The maximum atomic E-state index is 10.3. The lowest BCUT2D eigenvalue weighted by Gasteiger charge is -2.11. The van der Waals surface area contributed by atoms with Gasteiger partial charge in [-0.3, -0.25) is 0 Å². The number of ether oxygens (including phenoxy) is 1. The number of carbonyl (C=O) groups is 1. The van der Waals surface area contributed by atoms with Crippen molar-refractivity contribution >= 4 is 33.6 Å². The van der Waals surface area contributed by atoms with Crippen LogP contribution in [0.25, 0.3) is 27.6 Å². The highest BCUT2D eigenvalue weighted by atomic mass is 16.5. The maximum absolute atomic E-state index is 10.3. The fourth-order valence-electron chi connectivity index (χ4n) is 6.11. The number of fused-ring (bicyclic) bond motifs is 2. The van der Waals surface area contributed by atoms with Crippen LogP contribution in [0.3, 0.4) is 0 Å². The van der Waals surface area contributed by atoms with Gasteiger partial charge in [0.25, 0.3) is 0 Å². The first-order chi connectivity index (χ1) is 23.0. The van der Waals surface area contributed by atoms with Crippen molar-refractivity contribution in [1.29, 1.82) is 0 Å². The second-order valence-corrected chi connectivity index (χ2v) is 12.8. The maximum Gasteiger partial charge on any atom is 0.330 e. The van der Waals surface area contributed by atoms with Crippen LogP contribution in [0, 0.1) is 0 Å². The summed E-state index contributed by atoms with van der Waals surface area (Å²) >= 11 is 0. The van der Waals surface area contributed by atoms with Crippen molar-refractivity contribution in [1.82, 2.24) is 0 Å². The summed E-state index contributed by atoms with van der Waals surface area (Å²) in [4.78, 5) is 10.3. The minimum Gasteiger partial charge on any atom is -0.478 e. The Kier molecular flexibility index (Phi) is 18.3. The van der Waals surface area contributed by atoms with Gasteiger partial charge < -0.3 is 9.84 Å². The molecule has 4 rings (SSSR count). The summed E-state index contributed by atoms with van der Waals surface area (Å²) in [5.41, 5.74) is 4.28. The average Bonchev–Trinajstić information content (AvgIpc) is 3.10. The zero-order valence-electron chi connectivity index (χ0n) is 29.0. The van der Waals surface area contributed by atoms with Crippen LogP contribution in [0.4, 0.5) is 0 Å². The number of hydrogen-bond donors (Lipinski definition) is 1. The third kappa shape index (κ3) is 14.3. The third-order valence-corrected chi connectivity index (χ3v) is 8.97. The number of carboxylic acids is 1. The summed E-state index contributed by atoms with van der Waals surface area (Å²) < 4.78 is 5.83. The number of benzene rings is 4. The molecule has 0 saturated carbocycles. The van der Waals surface area contributed by atoms with Crippen LogP contribution < -0.4 is 0 Å². The molecule has 0 aliphatic rings. The molecule has 3 heteroatoms. The van der Waals surface area contributed by atoms with Gasteiger partial charge in [-0.2, -0.15) is 0 Å². The Morgan fingerprint density at radius 1 is 0.702 bits per heavy atom. The summed E-state index contributed by atoms with van der Waals surface area (Å²) in [6, 6.07) is 28.5. The number of aliphatic carboxylic acids is 1. The van der Waals surface area contributed by atoms with E-state index in [1.165, 1.54) is 111 Å². The standard InChI is InChI=1S/C35H42O.C9H16O2/c1-2-29-22-24-30(25-23-29)28-36-26-16-10-8-6-4-3-5-7-9-11-21-35-33-19-14-12-17-31(33)27-32-18-13-15-20-34(32)35;1-3-4-5-6-7-8(2)9(10)11/h2,12-15,17-20,22-25,27H,1,3-11,16,21,26,28H2;2-7H2,1H3,(H,10,11). The Bertz CT molecular complexity index is 1430.